The van der Waals surface area contributed by atoms with Gasteiger partial charge in [-0.2, -0.15) is 0 Å². The van der Waals surface area contributed by atoms with E-state index in [4.69, 9.17) is 20.1 Å². The van der Waals surface area contributed by atoms with E-state index < -0.39 is 29.9 Å². The fraction of sp³-hybridized carbons (Fsp3) is 1.00. The summed E-state index contributed by atoms with van der Waals surface area (Å²) in [7, 11) is 0. The Morgan fingerprint density at radius 2 is 1.58 bits per heavy atom. The Morgan fingerprint density at radius 1 is 1.08 bits per heavy atom. The molecule has 0 radical (unpaired) electrons. The van der Waals surface area contributed by atoms with Crippen LogP contribution in [0.4, 0.5) is 0 Å². The van der Waals surface area contributed by atoms with Crippen LogP contribution in [0.25, 0.3) is 0 Å². The number of aliphatic hydroxyl groups is 3. The average molecular weight is 204 g/mol. The van der Waals surface area contributed by atoms with Crippen LogP contribution in [0.2, 0.25) is 0 Å². The number of ether oxygens (including phenoxy) is 1. The summed E-state index contributed by atoms with van der Waals surface area (Å²) in [5.41, 5.74) is -0.719. The van der Waals surface area contributed by atoms with E-state index in [1.54, 1.807) is 6.92 Å². The number of thiol groups is 1. The van der Waals surface area contributed by atoms with Crippen molar-refractivity contribution in [3.05, 3.63) is 0 Å². The van der Waals surface area contributed by atoms with Gasteiger partial charge in [0.05, 0.1) is 6.10 Å². The zero-order chi connectivity index (χ0) is 8.59. The molecule has 6 heteroatoms. The van der Waals surface area contributed by atoms with Gasteiger partial charge in [0.1, 0.15) is 23.7 Å². The van der Waals surface area contributed by atoms with Crippen LogP contribution in [0.5, 0.6) is 0 Å². The summed E-state index contributed by atoms with van der Waals surface area (Å²) < 4.78 is 4.99. The maximum atomic E-state index is 9.17. The monoisotopic (exact) mass is 204 g/mol. The fourth-order valence-corrected chi connectivity index (χ4v) is 1.40. The first-order chi connectivity index (χ1) is 5.04. The molecule has 0 amide bonds. The molecule has 5 atom stereocenters. The molecule has 3 N–H and O–H groups in total. The molecular weight excluding hydrogens is 191 g/mol. The molecule has 1 rings (SSSR count). The summed E-state index contributed by atoms with van der Waals surface area (Å²) in [6, 6.07) is 0. The van der Waals surface area contributed by atoms with Crippen molar-refractivity contribution in [1.82, 2.24) is 0 Å². The summed E-state index contributed by atoms with van der Waals surface area (Å²) >= 11 is 3.87. The van der Waals surface area contributed by atoms with Crippen LogP contribution >= 0.6 is 12.6 Å². The molecule has 68 valence electrons. The van der Waals surface area contributed by atoms with Gasteiger partial charge in [-0.05, 0) is 6.92 Å². The predicted octanol–water partition coefficient (Wildman–Crippen LogP) is -1.90. The molecular formula is C6H13NaO4S. The molecule has 0 saturated carbocycles. The standard InChI is InChI=1S/C6H12O4S.Na.H/c1-2-3(7)4(8)5(9)6(11)10-2;;/h2-9,11H,1H3;;/t2-,3-,4+,5+,6?;;/m1../s1. The molecule has 0 aromatic heterocycles. The summed E-state index contributed by atoms with van der Waals surface area (Å²) in [6.45, 7) is 1.61. The van der Waals surface area contributed by atoms with Gasteiger partial charge in [0.15, 0.2) is 0 Å². The molecule has 1 saturated heterocycles. The molecule has 0 aromatic carbocycles. The minimum atomic E-state index is -1.17. The Morgan fingerprint density at radius 3 is 2.08 bits per heavy atom. The molecule has 12 heavy (non-hydrogen) atoms. The van der Waals surface area contributed by atoms with Crippen LogP contribution in [-0.2, 0) is 4.74 Å². The van der Waals surface area contributed by atoms with Crippen molar-refractivity contribution in [3.8, 4) is 0 Å². The van der Waals surface area contributed by atoms with Gasteiger partial charge in [-0.1, -0.05) is 0 Å². The van der Waals surface area contributed by atoms with Crippen molar-refractivity contribution >= 4 is 42.2 Å². The Hall–Kier alpha value is 1.19. The van der Waals surface area contributed by atoms with Crippen LogP contribution in [-0.4, -0.2) is 74.7 Å². The van der Waals surface area contributed by atoms with Crippen molar-refractivity contribution in [2.45, 2.75) is 36.8 Å². The quantitative estimate of drug-likeness (QED) is 0.275. The van der Waals surface area contributed by atoms with E-state index in [1.165, 1.54) is 0 Å². The molecule has 0 aliphatic carbocycles. The van der Waals surface area contributed by atoms with Gasteiger partial charge < -0.3 is 20.1 Å². The summed E-state index contributed by atoms with van der Waals surface area (Å²) in [6.07, 6.45) is -3.81. The van der Waals surface area contributed by atoms with E-state index in [-0.39, 0.29) is 29.6 Å². The normalized spacial score (nSPS) is 48.2. The van der Waals surface area contributed by atoms with Crippen LogP contribution in [0.3, 0.4) is 0 Å². The van der Waals surface area contributed by atoms with Crippen molar-refractivity contribution in [3.63, 3.8) is 0 Å². The van der Waals surface area contributed by atoms with Gasteiger partial charge in [0, 0.05) is 0 Å². The van der Waals surface area contributed by atoms with E-state index in [0.717, 1.165) is 0 Å². The van der Waals surface area contributed by atoms with Gasteiger partial charge in [-0.25, -0.2) is 0 Å². The molecule has 0 bridgehead atoms. The first kappa shape index (κ1) is 13.2. The van der Waals surface area contributed by atoms with Crippen molar-refractivity contribution in [2.75, 3.05) is 0 Å². The van der Waals surface area contributed by atoms with E-state index in [1.807, 2.05) is 0 Å². The second-order valence-corrected chi connectivity index (χ2v) is 3.21. The third-order valence-electron chi connectivity index (χ3n) is 1.83. The van der Waals surface area contributed by atoms with E-state index in [0.29, 0.717) is 0 Å². The topological polar surface area (TPSA) is 69.9 Å². The van der Waals surface area contributed by atoms with Gasteiger partial charge in [-0.15, -0.1) is 12.6 Å². The summed E-state index contributed by atoms with van der Waals surface area (Å²) in [5.74, 6) is 0. The first-order valence-corrected chi connectivity index (χ1v) is 3.93. The zero-order valence-electron chi connectivity index (χ0n) is 6.08. The first-order valence-electron chi connectivity index (χ1n) is 3.41. The number of aliphatic hydroxyl groups excluding tert-OH is 3. The van der Waals surface area contributed by atoms with Crippen LogP contribution < -0.4 is 0 Å². The average Bonchev–Trinajstić information content (AvgIpc) is 1.97. The molecule has 0 spiro atoms. The van der Waals surface area contributed by atoms with Crippen molar-refractivity contribution in [2.24, 2.45) is 0 Å². The Balaban J connectivity index is 0.00000121. The Labute approximate surface area is 98.6 Å². The molecule has 1 fully saturated rings. The fourth-order valence-electron chi connectivity index (χ4n) is 1.03. The second kappa shape index (κ2) is 5.17. The molecule has 1 aliphatic heterocycles. The molecule has 1 heterocycles. The van der Waals surface area contributed by atoms with Gasteiger partial charge >= 0.3 is 29.6 Å². The second-order valence-electron chi connectivity index (χ2n) is 2.70. The summed E-state index contributed by atoms with van der Waals surface area (Å²) in [5, 5.41) is 27.4. The van der Waals surface area contributed by atoms with E-state index in [2.05, 4.69) is 12.6 Å². The van der Waals surface area contributed by atoms with Gasteiger partial charge in [0.25, 0.3) is 0 Å². The predicted molar refractivity (Wildman–Crippen MR) is 48.5 cm³/mol. The van der Waals surface area contributed by atoms with Crippen LogP contribution in [0.15, 0.2) is 0 Å². The maximum absolute atomic E-state index is 9.17. The molecule has 4 nitrogen and oxygen atoms in total. The molecule has 1 aliphatic rings. The van der Waals surface area contributed by atoms with Crippen LogP contribution in [0.1, 0.15) is 6.92 Å². The van der Waals surface area contributed by atoms with E-state index in [9.17, 15) is 0 Å². The van der Waals surface area contributed by atoms with E-state index >= 15 is 0 Å². The Bertz CT molecular complexity index is 134. The molecule has 1 unspecified atom stereocenters. The van der Waals surface area contributed by atoms with Crippen molar-refractivity contribution in [1.29, 1.82) is 0 Å². The zero-order valence-corrected chi connectivity index (χ0v) is 6.98. The number of hydrogen-bond acceptors (Lipinski definition) is 5. The third-order valence-corrected chi connectivity index (χ3v) is 2.25. The van der Waals surface area contributed by atoms with Crippen LogP contribution in [0, 0.1) is 0 Å². The number of hydrogen-bond donors (Lipinski definition) is 4. The van der Waals surface area contributed by atoms with Gasteiger partial charge in [0.2, 0.25) is 0 Å². The molecule has 0 aromatic rings. The minimum absolute atomic E-state index is 0. The van der Waals surface area contributed by atoms with Gasteiger partial charge in [-0.3, -0.25) is 0 Å². The Kier molecular flexibility index (Phi) is 5.68. The van der Waals surface area contributed by atoms with Crippen molar-refractivity contribution < 1.29 is 20.1 Å². The summed E-state index contributed by atoms with van der Waals surface area (Å²) in [4.78, 5) is 0. The SMILES string of the molecule is C[C@H]1OC(S)[C@@H](O)[C@@H](O)[C@@H]1O.[NaH]. The number of rotatable bonds is 0. The third kappa shape index (κ3) is 2.59.